The fourth-order valence-corrected chi connectivity index (χ4v) is 3.46. The SMILES string of the molecule is CCCN(C(=O)c1ccc(C(N)=O)c(Cl)c1)c1ccc(Cl)c(-c2ccccn2)c1. The molecule has 0 atom stereocenters. The molecule has 1 heterocycles. The van der Waals surface area contributed by atoms with Crippen LogP contribution in [0, 0.1) is 0 Å². The summed E-state index contributed by atoms with van der Waals surface area (Å²) >= 11 is 12.5. The highest BCUT2D eigenvalue weighted by Gasteiger charge is 2.20. The Balaban J connectivity index is 2.01. The molecule has 0 saturated heterocycles. The summed E-state index contributed by atoms with van der Waals surface area (Å²) in [5.74, 6) is -0.879. The van der Waals surface area contributed by atoms with E-state index in [1.54, 1.807) is 29.3 Å². The maximum absolute atomic E-state index is 13.2. The van der Waals surface area contributed by atoms with Crippen LogP contribution in [0.15, 0.2) is 60.8 Å². The van der Waals surface area contributed by atoms with Crippen molar-refractivity contribution in [2.75, 3.05) is 11.4 Å². The van der Waals surface area contributed by atoms with Crippen molar-refractivity contribution < 1.29 is 9.59 Å². The number of halogens is 2. The minimum absolute atomic E-state index is 0.144. The highest BCUT2D eigenvalue weighted by atomic mass is 35.5. The zero-order chi connectivity index (χ0) is 21.0. The molecule has 0 unspecified atom stereocenters. The normalized spacial score (nSPS) is 10.6. The standard InChI is InChI=1S/C22H19Cl2N3O2/c1-2-11-27(22(29)14-6-8-16(21(25)28)19(24)12-14)15-7-9-18(23)17(13-15)20-5-3-4-10-26-20/h3-10,12-13H,2,11H2,1H3,(H2,25,28). The minimum Gasteiger partial charge on any atom is -0.366 e. The second-order valence-corrected chi connectivity index (χ2v) is 7.21. The molecule has 1 aromatic heterocycles. The number of pyridine rings is 1. The van der Waals surface area contributed by atoms with Gasteiger partial charge in [0.1, 0.15) is 0 Å². The van der Waals surface area contributed by atoms with Gasteiger partial charge in [0.25, 0.3) is 5.91 Å². The number of primary amides is 1. The van der Waals surface area contributed by atoms with Gasteiger partial charge >= 0.3 is 0 Å². The molecular weight excluding hydrogens is 409 g/mol. The second kappa shape index (κ2) is 9.07. The van der Waals surface area contributed by atoms with Crippen molar-refractivity contribution in [2.45, 2.75) is 13.3 Å². The lowest BCUT2D eigenvalue weighted by Gasteiger charge is -2.23. The molecule has 0 aliphatic rings. The third-order valence-electron chi connectivity index (χ3n) is 4.38. The topological polar surface area (TPSA) is 76.3 Å². The molecule has 0 aliphatic carbocycles. The molecule has 2 amide bonds. The maximum Gasteiger partial charge on any atom is 0.258 e. The van der Waals surface area contributed by atoms with Gasteiger partial charge in [0.05, 0.1) is 21.3 Å². The minimum atomic E-state index is -0.642. The fourth-order valence-electron chi connectivity index (χ4n) is 2.97. The monoisotopic (exact) mass is 427 g/mol. The van der Waals surface area contributed by atoms with Crippen LogP contribution in [0.5, 0.6) is 0 Å². The van der Waals surface area contributed by atoms with Crippen molar-refractivity contribution in [3.05, 3.63) is 82.0 Å². The van der Waals surface area contributed by atoms with Crippen LogP contribution in [0.4, 0.5) is 5.69 Å². The first-order chi connectivity index (χ1) is 13.9. The molecule has 3 aromatic rings. The highest BCUT2D eigenvalue weighted by Crippen LogP contribution is 2.31. The van der Waals surface area contributed by atoms with Crippen LogP contribution in [-0.4, -0.2) is 23.3 Å². The molecule has 2 N–H and O–H groups in total. The van der Waals surface area contributed by atoms with E-state index in [-0.39, 0.29) is 16.5 Å². The molecule has 3 rings (SSSR count). The Morgan fingerprint density at radius 2 is 1.83 bits per heavy atom. The van der Waals surface area contributed by atoms with Gasteiger partial charge in [-0.05, 0) is 55.0 Å². The Morgan fingerprint density at radius 1 is 1.03 bits per heavy atom. The summed E-state index contributed by atoms with van der Waals surface area (Å²) in [5.41, 5.74) is 7.98. The van der Waals surface area contributed by atoms with Gasteiger partial charge in [-0.3, -0.25) is 14.6 Å². The maximum atomic E-state index is 13.2. The first kappa shape index (κ1) is 20.8. The molecule has 7 heteroatoms. The third-order valence-corrected chi connectivity index (χ3v) is 5.02. The fraction of sp³-hybridized carbons (Fsp3) is 0.136. The number of hydrogen-bond donors (Lipinski definition) is 1. The number of hydrogen-bond acceptors (Lipinski definition) is 3. The number of nitrogens with zero attached hydrogens (tertiary/aromatic N) is 2. The van der Waals surface area contributed by atoms with Gasteiger partial charge in [-0.1, -0.05) is 36.2 Å². The molecule has 5 nitrogen and oxygen atoms in total. The predicted octanol–water partition coefficient (Wildman–Crippen LogP) is 5.21. The summed E-state index contributed by atoms with van der Waals surface area (Å²) in [6.07, 6.45) is 2.44. The van der Waals surface area contributed by atoms with Crippen LogP contribution in [0.3, 0.4) is 0 Å². The van der Waals surface area contributed by atoms with E-state index >= 15 is 0 Å². The van der Waals surface area contributed by atoms with Crippen LogP contribution in [0.2, 0.25) is 10.0 Å². The zero-order valence-electron chi connectivity index (χ0n) is 15.7. The van der Waals surface area contributed by atoms with Crippen LogP contribution in [0.25, 0.3) is 11.3 Å². The van der Waals surface area contributed by atoms with Crippen molar-refractivity contribution >= 4 is 40.7 Å². The van der Waals surface area contributed by atoms with E-state index in [1.165, 1.54) is 12.1 Å². The molecule has 0 radical (unpaired) electrons. The largest absolute Gasteiger partial charge is 0.366 e. The van der Waals surface area contributed by atoms with Crippen molar-refractivity contribution in [3.8, 4) is 11.3 Å². The number of aromatic nitrogens is 1. The van der Waals surface area contributed by atoms with E-state index in [0.29, 0.717) is 22.8 Å². The number of carbonyl (C=O) groups excluding carboxylic acids is 2. The third kappa shape index (κ3) is 4.58. The molecule has 2 aromatic carbocycles. The number of rotatable bonds is 6. The van der Waals surface area contributed by atoms with Crippen molar-refractivity contribution in [3.63, 3.8) is 0 Å². The lowest BCUT2D eigenvalue weighted by atomic mass is 10.1. The summed E-state index contributed by atoms with van der Waals surface area (Å²) in [6, 6.07) is 15.4. The number of anilines is 1. The molecule has 0 saturated carbocycles. The van der Waals surface area contributed by atoms with Gasteiger partial charge in [-0.15, -0.1) is 0 Å². The summed E-state index contributed by atoms with van der Waals surface area (Å²) in [4.78, 5) is 30.6. The average Bonchev–Trinajstić information content (AvgIpc) is 2.72. The Kier molecular flexibility index (Phi) is 6.52. The van der Waals surface area contributed by atoms with Crippen LogP contribution in [0.1, 0.15) is 34.1 Å². The molecule has 0 aliphatic heterocycles. The number of carbonyl (C=O) groups is 2. The van der Waals surface area contributed by atoms with E-state index in [9.17, 15) is 9.59 Å². The quantitative estimate of drug-likeness (QED) is 0.586. The van der Waals surface area contributed by atoms with E-state index < -0.39 is 5.91 Å². The van der Waals surface area contributed by atoms with E-state index in [1.807, 2.05) is 31.2 Å². The van der Waals surface area contributed by atoms with Crippen molar-refractivity contribution in [2.24, 2.45) is 5.73 Å². The molecular formula is C22H19Cl2N3O2. The summed E-state index contributed by atoms with van der Waals surface area (Å²) in [7, 11) is 0. The first-order valence-electron chi connectivity index (χ1n) is 9.04. The Morgan fingerprint density at radius 3 is 2.45 bits per heavy atom. The zero-order valence-corrected chi connectivity index (χ0v) is 17.2. The second-order valence-electron chi connectivity index (χ2n) is 6.39. The number of nitrogens with two attached hydrogens (primary N) is 1. The van der Waals surface area contributed by atoms with Crippen molar-refractivity contribution in [1.29, 1.82) is 0 Å². The Hall–Kier alpha value is -2.89. The van der Waals surface area contributed by atoms with E-state index in [2.05, 4.69) is 4.98 Å². The average molecular weight is 428 g/mol. The first-order valence-corrected chi connectivity index (χ1v) is 9.80. The van der Waals surface area contributed by atoms with Gasteiger partial charge < -0.3 is 10.6 Å². The van der Waals surface area contributed by atoms with E-state index in [0.717, 1.165) is 17.7 Å². The lowest BCUT2D eigenvalue weighted by Crippen LogP contribution is -2.31. The Labute approximate surface area is 179 Å². The summed E-state index contributed by atoms with van der Waals surface area (Å²) in [6.45, 7) is 2.48. The van der Waals surface area contributed by atoms with Gasteiger partial charge in [-0.25, -0.2) is 0 Å². The smallest absolute Gasteiger partial charge is 0.258 e. The molecule has 0 fully saturated rings. The van der Waals surface area contributed by atoms with Crippen LogP contribution < -0.4 is 10.6 Å². The van der Waals surface area contributed by atoms with Gasteiger partial charge in [0.2, 0.25) is 5.91 Å². The Bertz CT molecular complexity index is 1060. The summed E-state index contributed by atoms with van der Waals surface area (Å²) < 4.78 is 0. The van der Waals surface area contributed by atoms with Crippen molar-refractivity contribution in [1.82, 2.24) is 4.98 Å². The predicted molar refractivity (Wildman–Crippen MR) is 117 cm³/mol. The molecule has 0 bridgehead atoms. The number of amides is 2. The highest BCUT2D eigenvalue weighted by molar-refractivity contribution is 6.34. The number of benzene rings is 2. The van der Waals surface area contributed by atoms with Gasteiger partial charge in [0, 0.05) is 29.6 Å². The molecule has 148 valence electrons. The van der Waals surface area contributed by atoms with Crippen LogP contribution >= 0.6 is 23.2 Å². The molecule has 29 heavy (non-hydrogen) atoms. The van der Waals surface area contributed by atoms with Gasteiger partial charge in [0.15, 0.2) is 0 Å². The van der Waals surface area contributed by atoms with E-state index in [4.69, 9.17) is 28.9 Å². The van der Waals surface area contributed by atoms with Crippen LogP contribution in [-0.2, 0) is 0 Å². The van der Waals surface area contributed by atoms with Gasteiger partial charge in [-0.2, -0.15) is 0 Å². The summed E-state index contributed by atoms with van der Waals surface area (Å²) in [5, 5.41) is 0.690. The molecule has 0 spiro atoms. The lowest BCUT2D eigenvalue weighted by molar-refractivity contribution is 0.0980.